The number of carbonyl (C=O) groups excluding carboxylic acids is 3. The van der Waals surface area contributed by atoms with Crippen molar-refractivity contribution in [3.8, 4) is 0 Å². The van der Waals surface area contributed by atoms with Crippen molar-refractivity contribution in [1.82, 2.24) is 29.8 Å². The van der Waals surface area contributed by atoms with Crippen LogP contribution in [-0.2, 0) is 30.5 Å². The van der Waals surface area contributed by atoms with E-state index in [1.54, 1.807) is 0 Å². The maximum atomic E-state index is 14.2. The molecule has 0 aromatic heterocycles. The molecule has 10 nitrogen and oxygen atoms in total. The fourth-order valence-electron chi connectivity index (χ4n) is 8.38. The number of benzene rings is 2. The van der Waals surface area contributed by atoms with Crippen molar-refractivity contribution in [3.63, 3.8) is 0 Å². The summed E-state index contributed by atoms with van der Waals surface area (Å²) in [6.07, 6.45) is 7.79. The van der Waals surface area contributed by atoms with Gasteiger partial charge in [-0.05, 0) is 99.8 Å². The number of likely N-dealkylation sites (N-methyl/N-ethyl adjacent to an activating group) is 1. The van der Waals surface area contributed by atoms with Gasteiger partial charge in [0.25, 0.3) is 0 Å². The molecule has 4 aliphatic rings. The van der Waals surface area contributed by atoms with Crippen molar-refractivity contribution in [2.45, 2.75) is 89.8 Å². The van der Waals surface area contributed by atoms with Crippen molar-refractivity contribution in [2.24, 2.45) is 0 Å². The van der Waals surface area contributed by atoms with Gasteiger partial charge in [-0.3, -0.25) is 9.69 Å². The molecule has 0 spiro atoms. The van der Waals surface area contributed by atoms with E-state index in [1.165, 1.54) is 17.5 Å². The van der Waals surface area contributed by atoms with Crippen LogP contribution in [0, 0.1) is 0 Å². The van der Waals surface area contributed by atoms with Crippen LogP contribution in [0.15, 0.2) is 42.5 Å². The molecule has 0 unspecified atom stereocenters. The van der Waals surface area contributed by atoms with Crippen LogP contribution in [-0.4, -0.2) is 127 Å². The highest BCUT2D eigenvalue weighted by Gasteiger charge is 2.35. The standard InChI is InChI=1S/C39H57N7O3/c1-4-30-12-11-29(27-31(30)5-2)28-36(37(47)44-20-14-33(15-21-44)43-19-8-18-42(3)25-26-43)41-38(48)45-22-16-34(17-23-45)46-24-13-32-9-6-7-10-35(32)40-39(46)49/h6-7,9-12,27,33-34,36H,4-5,8,13-26,28H2,1-3H3,(H,40,49)(H,41,48)/t36-/m1/s1. The largest absolute Gasteiger partial charge is 0.341 e. The Morgan fingerprint density at radius 3 is 2.29 bits per heavy atom. The van der Waals surface area contributed by atoms with Gasteiger partial charge in [0.2, 0.25) is 5.91 Å². The monoisotopic (exact) mass is 671 g/mol. The molecule has 49 heavy (non-hydrogen) atoms. The molecule has 266 valence electrons. The molecular formula is C39H57N7O3. The van der Waals surface area contributed by atoms with Gasteiger partial charge >= 0.3 is 12.1 Å². The van der Waals surface area contributed by atoms with Gasteiger partial charge in [0.15, 0.2) is 0 Å². The Bertz CT molecular complexity index is 1450. The molecular weight excluding hydrogens is 614 g/mol. The first-order chi connectivity index (χ1) is 23.8. The van der Waals surface area contributed by atoms with E-state index in [0.29, 0.717) is 44.9 Å². The number of likely N-dealkylation sites (tertiary alicyclic amines) is 2. The van der Waals surface area contributed by atoms with Gasteiger partial charge in [-0.15, -0.1) is 0 Å². The van der Waals surface area contributed by atoms with Gasteiger partial charge in [-0.25, -0.2) is 9.59 Å². The Morgan fingerprint density at radius 1 is 0.816 bits per heavy atom. The first-order valence-corrected chi connectivity index (χ1v) is 18.9. The molecule has 2 aromatic rings. The Hall–Kier alpha value is -3.63. The zero-order chi connectivity index (χ0) is 34.3. The molecule has 0 aliphatic carbocycles. The van der Waals surface area contributed by atoms with E-state index in [1.807, 2.05) is 32.9 Å². The third kappa shape index (κ3) is 8.58. The number of para-hydroxylation sites is 1. The minimum atomic E-state index is -0.624. The summed E-state index contributed by atoms with van der Waals surface area (Å²) >= 11 is 0. The molecule has 4 heterocycles. The molecule has 2 aromatic carbocycles. The number of urea groups is 2. The normalized spacial score (nSPS) is 21.0. The third-order valence-electron chi connectivity index (χ3n) is 11.4. The predicted octanol–water partition coefficient (Wildman–Crippen LogP) is 4.62. The van der Waals surface area contributed by atoms with E-state index in [2.05, 4.69) is 65.6 Å². The lowest BCUT2D eigenvalue weighted by molar-refractivity contribution is -0.134. The number of fused-ring (bicyclic) bond motifs is 1. The molecule has 10 heteroatoms. The second-order valence-electron chi connectivity index (χ2n) is 14.5. The van der Waals surface area contributed by atoms with Crippen molar-refractivity contribution in [1.29, 1.82) is 0 Å². The summed E-state index contributed by atoms with van der Waals surface area (Å²) in [6, 6.07) is 14.2. The van der Waals surface area contributed by atoms with Gasteiger partial charge < -0.3 is 30.2 Å². The molecule has 2 N–H and O–H groups in total. The van der Waals surface area contributed by atoms with E-state index in [9.17, 15) is 14.4 Å². The van der Waals surface area contributed by atoms with Crippen LogP contribution >= 0.6 is 0 Å². The topological polar surface area (TPSA) is 91.5 Å². The maximum Gasteiger partial charge on any atom is 0.322 e. The Labute approximate surface area is 293 Å². The number of anilines is 1. The molecule has 4 aliphatic heterocycles. The minimum Gasteiger partial charge on any atom is -0.341 e. The lowest BCUT2D eigenvalue weighted by Gasteiger charge is -2.40. The van der Waals surface area contributed by atoms with E-state index < -0.39 is 6.04 Å². The lowest BCUT2D eigenvalue weighted by atomic mass is 9.95. The number of rotatable bonds is 8. The van der Waals surface area contributed by atoms with Crippen molar-refractivity contribution in [3.05, 3.63) is 64.7 Å². The highest BCUT2D eigenvalue weighted by atomic mass is 16.2. The Kier molecular flexibility index (Phi) is 11.8. The summed E-state index contributed by atoms with van der Waals surface area (Å²) in [4.78, 5) is 52.0. The lowest BCUT2D eigenvalue weighted by Crippen LogP contribution is -2.57. The first-order valence-electron chi connectivity index (χ1n) is 18.9. The fraction of sp³-hybridized carbons (Fsp3) is 0.615. The van der Waals surface area contributed by atoms with Crippen molar-refractivity contribution < 1.29 is 14.4 Å². The number of amides is 5. The Balaban J connectivity index is 1.09. The maximum absolute atomic E-state index is 14.2. The van der Waals surface area contributed by atoms with Crippen molar-refractivity contribution in [2.75, 3.05) is 71.3 Å². The fourth-order valence-corrected chi connectivity index (χ4v) is 8.38. The third-order valence-corrected chi connectivity index (χ3v) is 11.4. The number of aryl methyl sites for hydroxylation is 2. The summed E-state index contributed by atoms with van der Waals surface area (Å²) in [5.41, 5.74) is 5.77. The van der Waals surface area contributed by atoms with Crippen LogP contribution in [0.3, 0.4) is 0 Å². The van der Waals surface area contributed by atoms with E-state index in [4.69, 9.17) is 0 Å². The minimum absolute atomic E-state index is 0.0238. The van der Waals surface area contributed by atoms with Crippen LogP contribution in [0.2, 0.25) is 0 Å². The first kappa shape index (κ1) is 35.2. The number of hydrogen-bond donors (Lipinski definition) is 2. The quantitative estimate of drug-likeness (QED) is 0.428. The summed E-state index contributed by atoms with van der Waals surface area (Å²) in [7, 11) is 2.20. The number of nitrogens with zero attached hydrogens (tertiary/aromatic N) is 5. The smallest absolute Gasteiger partial charge is 0.322 e. The summed E-state index contributed by atoms with van der Waals surface area (Å²) in [5, 5.41) is 6.28. The zero-order valence-electron chi connectivity index (χ0n) is 30.0. The SMILES string of the molecule is CCc1ccc(C[C@@H](NC(=O)N2CCC(N3CCc4ccccc4NC3=O)CC2)C(=O)N2CCC(N3CCCN(C)CC3)CC2)cc1CC. The zero-order valence-corrected chi connectivity index (χ0v) is 30.0. The van der Waals surface area contributed by atoms with Gasteiger partial charge in [0.1, 0.15) is 6.04 Å². The molecule has 0 saturated carbocycles. The number of nitrogens with one attached hydrogen (secondary N) is 2. The number of carbonyl (C=O) groups is 3. The second-order valence-corrected chi connectivity index (χ2v) is 14.5. The summed E-state index contributed by atoms with van der Waals surface area (Å²) in [5.74, 6) is 0.0238. The van der Waals surface area contributed by atoms with Gasteiger partial charge in [0, 0.05) is 70.0 Å². The van der Waals surface area contributed by atoms with Gasteiger partial charge in [-0.1, -0.05) is 50.2 Å². The number of hydrogen-bond acceptors (Lipinski definition) is 5. The Morgan fingerprint density at radius 2 is 1.53 bits per heavy atom. The molecule has 3 fully saturated rings. The molecule has 3 saturated heterocycles. The predicted molar refractivity (Wildman–Crippen MR) is 195 cm³/mol. The highest BCUT2D eigenvalue weighted by molar-refractivity contribution is 5.91. The molecule has 5 amide bonds. The van der Waals surface area contributed by atoms with E-state index in [0.717, 1.165) is 88.2 Å². The average Bonchev–Trinajstić information content (AvgIpc) is 3.45. The van der Waals surface area contributed by atoms with Crippen LogP contribution < -0.4 is 10.6 Å². The molecule has 0 radical (unpaired) electrons. The van der Waals surface area contributed by atoms with Crippen LogP contribution in [0.25, 0.3) is 0 Å². The summed E-state index contributed by atoms with van der Waals surface area (Å²) < 4.78 is 0. The molecule has 1 atom stereocenters. The second kappa shape index (κ2) is 16.4. The van der Waals surface area contributed by atoms with E-state index >= 15 is 0 Å². The van der Waals surface area contributed by atoms with Crippen molar-refractivity contribution >= 4 is 23.7 Å². The molecule has 6 rings (SSSR count). The van der Waals surface area contributed by atoms with Crippen LogP contribution in [0.4, 0.5) is 15.3 Å². The van der Waals surface area contributed by atoms with Gasteiger partial charge in [-0.2, -0.15) is 0 Å². The molecule has 0 bridgehead atoms. The highest BCUT2D eigenvalue weighted by Crippen LogP contribution is 2.25. The van der Waals surface area contributed by atoms with Crippen LogP contribution in [0.5, 0.6) is 0 Å². The number of piperidine rings is 2. The summed E-state index contributed by atoms with van der Waals surface area (Å²) in [6.45, 7) is 12.0. The van der Waals surface area contributed by atoms with Gasteiger partial charge in [0.05, 0.1) is 0 Å². The van der Waals surface area contributed by atoms with E-state index in [-0.39, 0.29) is 24.0 Å². The van der Waals surface area contributed by atoms with Crippen LogP contribution in [0.1, 0.15) is 68.2 Å². The average molecular weight is 672 g/mol.